The van der Waals surface area contributed by atoms with Crippen molar-refractivity contribution in [2.24, 2.45) is 0 Å². The molecule has 0 radical (unpaired) electrons. The van der Waals surface area contributed by atoms with Gasteiger partial charge in [0.2, 0.25) is 5.91 Å². The molecule has 0 aromatic carbocycles. The lowest BCUT2D eigenvalue weighted by molar-refractivity contribution is -0.147. The number of nitrogens with one attached hydrogen (secondary N) is 1. The van der Waals surface area contributed by atoms with Crippen LogP contribution in [0.1, 0.15) is 97.3 Å². The third kappa shape index (κ3) is 28.4. The molecule has 3 unspecified atom stereocenters. The van der Waals surface area contributed by atoms with Gasteiger partial charge in [-0.15, -0.1) is 0 Å². The molecule has 0 aliphatic heterocycles. The van der Waals surface area contributed by atoms with Crippen molar-refractivity contribution in [1.29, 1.82) is 0 Å². The van der Waals surface area contributed by atoms with Crippen molar-refractivity contribution in [2.75, 3.05) is 19.8 Å². The zero-order chi connectivity index (χ0) is 33.6. The molecule has 0 rings (SSSR count). The number of carboxylic acids is 1. The van der Waals surface area contributed by atoms with Crippen LogP contribution in [0.2, 0.25) is 0 Å². The van der Waals surface area contributed by atoms with Crippen LogP contribution in [-0.4, -0.2) is 64.9 Å². The molecule has 0 spiro atoms. The molecule has 0 saturated carbocycles. The van der Waals surface area contributed by atoms with Gasteiger partial charge in [-0.3, -0.25) is 18.6 Å². The first kappa shape index (κ1) is 42.2. The Labute approximate surface area is 268 Å². The zero-order valence-electron chi connectivity index (χ0n) is 26.9. The average Bonchev–Trinajstić information content (AvgIpc) is 3.01. The maximum atomic E-state index is 12.2. The molecule has 0 bridgehead atoms. The van der Waals surface area contributed by atoms with Gasteiger partial charge in [-0.25, -0.2) is 9.36 Å². The van der Waals surface area contributed by atoms with E-state index in [2.05, 4.69) is 82.0 Å². The monoisotopic (exact) mass is 655 g/mol. The number of aliphatic carboxylic acids is 1. The molecule has 0 fully saturated rings. The van der Waals surface area contributed by atoms with Gasteiger partial charge in [0.25, 0.3) is 0 Å². The number of carbonyl (C=O) groups is 3. The van der Waals surface area contributed by atoms with E-state index in [4.69, 9.17) is 4.74 Å². The third-order valence-corrected chi connectivity index (χ3v) is 7.02. The number of aliphatic hydroxyl groups excluding tert-OH is 1. The van der Waals surface area contributed by atoms with Crippen LogP contribution in [0.15, 0.2) is 60.8 Å². The standard InChI is InChI=1S/C33H54NO10P/c1-3-5-7-8-9-10-11-12-13-14-15-16-17-18-19-20-21-22-23-24-31(36)34-30(33(38)39)28-44-45(40,41)43-27-29(35)26-42-32(37)25-6-4-2/h5,7,9-10,12-13,15-16,18-19,29-30,35H,3-4,6,8,11,14,17,20-28H2,1-2H3,(H,34,36)(H,38,39)(H,40,41)/b7-5-,10-9-,13-12-,16-15-,19-18-. The van der Waals surface area contributed by atoms with Crippen LogP contribution in [-0.2, 0) is 32.7 Å². The number of rotatable bonds is 28. The summed E-state index contributed by atoms with van der Waals surface area (Å²) in [6.07, 6.45) is 29.7. The fourth-order valence-corrected chi connectivity index (χ4v) is 4.32. The highest BCUT2D eigenvalue weighted by Gasteiger charge is 2.28. The number of phosphoric acid groups is 1. The smallest absolute Gasteiger partial charge is 0.472 e. The van der Waals surface area contributed by atoms with E-state index in [-0.39, 0.29) is 12.8 Å². The molecule has 0 aliphatic rings. The van der Waals surface area contributed by atoms with Crippen molar-refractivity contribution in [1.82, 2.24) is 5.32 Å². The van der Waals surface area contributed by atoms with Crippen LogP contribution >= 0.6 is 7.82 Å². The second-order valence-corrected chi connectivity index (χ2v) is 11.7. The van der Waals surface area contributed by atoms with Gasteiger partial charge in [0, 0.05) is 12.8 Å². The Bertz CT molecular complexity index is 1010. The Morgan fingerprint density at radius 3 is 1.84 bits per heavy atom. The van der Waals surface area contributed by atoms with Crippen LogP contribution in [0.5, 0.6) is 0 Å². The molecule has 11 nitrogen and oxygen atoms in total. The third-order valence-electron chi connectivity index (χ3n) is 6.07. The van der Waals surface area contributed by atoms with Gasteiger partial charge in [-0.05, 0) is 57.8 Å². The number of carbonyl (C=O) groups excluding carboxylic acids is 2. The minimum Gasteiger partial charge on any atom is -0.480 e. The number of esters is 1. The second kappa shape index (κ2) is 28.6. The second-order valence-electron chi connectivity index (χ2n) is 10.3. The normalized spacial score (nSPS) is 14.9. The number of carboxylic acid groups (broad SMARTS) is 1. The van der Waals surface area contributed by atoms with Gasteiger partial charge in [-0.1, -0.05) is 87.4 Å². The molecule has 3 atom stereocenters. The molecule has 0 saturated heterocycles. The summed E-state index contributed by atoms with van der Waals surface area (Å²) in [6, 6.07) is -1.56. The lowest BCUT2D eigenvalue weighted by Crippen LogP contribution is -2.43. The highest BCUT2D eigenvalue weighted by molar-refractivity contribution is 7.47. The molecule has 0 aromatic rings. The predicted molar refractivity (Wildman–Crippen MR) is 175 cm³/mol. The highest BCUT2D eigenvalue weighted by Crippen LogP contribution is 2.43. The van der Waals surface area contributed by atoms with Crippen molar-refractivity contribution in [3.8, 4) is 0 Å². The number of hydrogen-bond donors (Lipinski definition) is 4. The van der Waals surface area contributed by atoms with Crippen molar-refractivity contribution in [3.05, 3.63) is 60.8 Å². The summed E-state index contributed by atoms with van der Waals surface area (Å²) in [4.78, 5) is 44.9. The minimum absolute atomic E-state index is 0.103. The van der Waals surface area contributed by atoms with Crippen LogP contribution < -0.4 is 5.32 Å². The van der Waals surface area contributed by atoms with Crippen LogP contribution in [0.4, 0.5) is 0 Å². The van der Waals surface area contributed by atoms with E-state index in [1.165, 1.54) is 0 Å². The maximum absolute atomic E-state index is 12.2. The molecule has 0 aromatic heterocycles. The van der Waals surface area contributed by atoms with Gasteiger partial charge < -0.3 is 25.2 Å². The fourth-order valence-electron chi connectivity index (χ4n) is 3.55. The molecule has 12 heteroatoms. The number of ether oxygens (including phenoxy) is 1. The Kier molecular flexibility index (Phi) is 26.8. The number of unbranched alkanes of at least 4 members (excludes halogenated alkanes) is 4. The molecule has 1 amide bonds. The number of aliphatic hydroxyl groups is 1. The number of allylic oxidation sites excluding steroid dienone is 10. The minimum atomic E-state index is -4.74. The van der Waals surface area contributed by atoms with E-state index in [9.17, 15) is 34.1 Å². The summed E-state index contributed by atoms with van der Waals surface area (Å²) in [5.41, 5.74) is 0. The quantitative estimate of drug-likeness (QED) is 0.0317. The summed E-state index contributed by atoms with van der Waals surface area (Å²) >= 11 is 0. The molecule has 0 aliphatic carbocycles. The van der Waals surface area contributed by atoms with Gasteiger partial charge in [0.15, 0.2) is 6.04 Å². The summed E-state index contributed by atoms with van der Waals surface area (Å²) in [7, 11) is -4.74. The van der Waals surface area contributed by atoms with Crippen LogP contribution in [0.25, 0.3) is 0 Å². The number of phosphoric ester groups is 1. The van der Waals surface area contributed by atoms with Crippen LogP contribution in [0, 0.1) is 0 Å². The largest absolute Gasteiger partial charge is 0.480 e. The Hall–Kier alpha value is -2.82. The topological polar surface area (TPSA) is 169 Å². The SMILES string of the molecule is CC/C=C\C/C=C\C/C=C\C/C=C\C/C=C\CCCCCC(=O)NC(COP(=O)(O)OCC(O)COC(=O)CCCC)C(=O)O. The molecule has 256 valence electrons. The van der Waals surface area contributed by atoms with E-state index in [0.717, 1.165) is 57.8 Å². The summed E-state index contributed by atoms with van der Waals surface area (Å²) in [5.74, 6) is -2.47. The molecule has 4 N–H and O–H groups in total. The summed E-state index contributed by atoms with van der Waals surface area (Å²) in [5, 5.41) is 21.4. The van der Waals surface area contributed by atoms with Gasteiger partial charge in [0.05, 0.1) is 13.2 Å². The lowest BCUT2D eigenvalue weighted by Gasteiger charge is -2.18. The Morgan fingerprint density at radius 2 is 1.29 bits per heavy atom. The van der Waals surface area contributed by atoms with E-state index in [1.807, 2.05) is 6.92 Å². The first-order valence-electron chi connectivity index (χ1n) is 15.8. The van der Waals surface area contributed by atoms with Crippen molar-refractivity contribution < 1.29 is 47.8 Å². The zero-order valence-corrected chi connectivity index (χ0v) is 27.8. The van der Waals surface area contributed by atoms with Crippen molar-refractivity contribution in [2.45, 2.75) is 109 Å². The fraction of sp³-hybridized carbons (Fsp3) is 0.606. The Morgan fingerprint density at radius 1 is 0.733 bits per heavy atom. The summed E-state index contributed by atoms with van der Waals surface area (Å²) in [6.45, 7) is 2.10. The summed E-state index contributed by atoms with van der Waals surface area (Å²) < 4.78 is 26.2. The van der Waals surface area contributed by atoms with Crippen LogP contribution in [0.3, 0.4) is 0 Å². The van der Waals surface area contributed by atoms with E-state index >= 15 is 0 Å². The first-order chi connectivity index (χ1) is 21.6. The van der Waals surface area contributed by atoms with E-state index in [0.29, 0.717) is 12.8 Å². The van der Waals surface area contributed by atoms with Gasteiger partial charge in [-0.2, -0.15) is 0 Å². The van der Waals surface area contributed by atoms with E-state index in [1.54, 1.807) is 0 Å². The predicted octanol–water partition coefficient (Wildman–Crippen LogP) is 6.49. The van der Waals surface area contributed by atoms with Gasteiger partial charge in [0.1, 0.15) is 12.7 Å². The molecular weight excluding hydrogens is 601 g/mol. The van der Waals surface area contributed by atoms with Gasteiger partial charge >= 0.3 is 19.8 Å². The maximum Gasteiger partial charge on any atom is 0.472 e. The Balaban J connectivity index is 4.07. The molecule has 0 heterocycles. The highest BCUT2D eigenvalue weighted by atomic mass is 31.2. The number of hydrogen-bond acceptors (Lipinski definition) is 8. The first-order valence-corrected chi connectivity index (χ1v) is 17.3. The average molecular weight is 656 g/mol. The molecular formula is C33H54NO10P. The van der Waals surface area contributed by atoms with Crippen molar-refractivity contribution in [3.63, 3.8) is 0 Å². The number of amides is 1. The van der Waals surface area contributed by atoms with E-state index < -0.39 is 57.6 Å². The van der Waals surface area contributed by atoms with Crippen molar-refractivity contribution >= 4 is 25.7 Å². The molecule has 45 heavy (non-hydrogen) atoms. The lowest BCUT2D eigenvalue weighted by atomic mass is 10.1.